The molecule has 0 saturated heterocycles. The number of hydrogen-bond donors (Lipinski definition) is 2. The van der Waals surface area contributed by atoms with E-state index < -0.39 is 5.97 Å². The second-order valence-electron chi connectivity index (χ2n) is 3.26. The molecule has 6 nitrogen and oxygen atoms in total. The molecule has 0 aromatic heterocycles. The highest BCUT2D eigenvalue weighted by molar-refractivity contribution is 14.1. The number of benzene rings is 1. The molecule has 0 saturated carbocycles. The SMILES string of the molecule is COc1cc(NC=C(C#N)C#N)c(I)cc1C(=O)O. The Morgan fingerprint density at radius 1 is 1.47 bits per heavy atom. The molecular weight excluding hydrogens is 361 g/mol. The van der Waals surface area contributed by atoms with Crippen molar-refractivity contribution in [1.29, 1.82) is 10.5 Å². The van der Waals surface area contributed by atoms with Crippen molar-refractivity contribution in [3.63, 3.8) is 0 Å². The van der Waals surface area contributed by atoms with E-state index in [1.165, 1.54) is 25.4 Å². The van der Waals surface area contributed by atoms with Gasteiger partial charge in [0.25, 0.3) is 0 Å². The van der Waals surface area contributed by atoms with E-state index in [1.54, 1.807) is 12.1 Å². The minimum Gasteiger partial charge on any atom is -0.496 e. The normalized spacial score (nSPS) is 8.84. The smallest absolute Gasteiger partial charge is 0.339 e. The van der Waals surface area contributed by atoms with Crippen LogP contribution in [0.4, 0.5) is 5.69 Å². The van der Waals surface area contributed by atoms with Gasteiger partial charge in [0.15, 0.2) is 0 Å². The number of allylic oxidation sites excluding steroid dienone is 1. The molecular formula is C12H8IN3O3. The third kappa shape index (κ3) is 3.60. The van der Waals surface area contributed by atoms with Crippen LogP contribution in [0.15, 0.2) is 23.9 Å². The molecule has 0 heterocycles. The predicted octanol–water partition coefficient (Wildman–Crippen LogP) is 2.34. The fourth-order valence-corrected chi connectivity index (χ4v) is 1.86. The van der Waals surface area contributed by atoms with E-state index in [-0.39, 0.29) is 16.9 Å². The van der Waals surface area contributed by atoms with Crippen molar-refractivity contribution in [3.05, 3.63) is 33.0 Å². The lowest BCUT2D eigenvalue weighted by atomic mass is 10.2. The van der Waals surface area contributed by atoms with Crippen molar-refractivity contribution in [2.45, 2.75) is 0 Å². The summed E-state index contributed by atoms with van der Waals surface area (Å²) in [5.41, 5.74) is 0.504. The van der Waals surface area contributed by atoms with Crippen LogP contribution < -0.4 is 10.1 Å². The highest BCUT2D eigenvalue weighted by Gasteiger charge is 2.14. The molecule has 1 aromatic rings. The van der Waals surface area contributed by atoms with Crippen molar-refractivity contribution < 1.29 is 14.6 Å². The van der Waals surface area contributed by atoms with Gasteiger partial charge in [0, 0.05) is 15.8 Å². The molecule has 0 aliphatic rings. The molecule has 0 radical (unpaired) electrons. The zero-order valence-electron chi connectivity index (χ0n) is 9.77. The fraction of sp³-hybridized carbons (Fsp3) is 0.0833. The lowest BCUT2D eigenvalue weighted by Gasteiger charge is -2.10. The van der Waals surface area contributed by atoms with Gasteiger partial charge in [0.1, 0.15) is 29.0 Å². The van der Waals surface area contributed by atoms with Gasteiger partial charge in [0.05, 0.1) is 12.8 Å². The molecule has 0 fully saturated rings. The number of nitriles is 2. The maximum Gasteiger partial charge on any atom is 0.339 e. The Kier molecular flexibility index (Phi) is 5.15. The highest BCUT2D eigenvalue weighted by Crippen LogP contribution is 2.28. The molecule has 0 bridgehead atoms. The van der Waals surface area contributed by atoms with Gasteiger partial charge in [-0.15, -0.1) is 0 Å². The molecule has 0 spiro atoms. The first-order valence-electron chi connectivity index (χ1n) is 4.91. The van der Waals surface area contributed by atoms with Gasteiger partial charge in [-0.25, -0.2) is 4.79 Å². The monoisotopic (exact) mass is 369 g/mol. The van der Waals surface area contributed by atoms with E-state index in [0.717, 1.165) is 0 Å². The Balaban J connectivity index is 3.19. The number of carbonyl (C=O) groups is 1. The van der Waals surface area contributed by atoms with Crippen molar-refractivity contribution in [3.8, 4) is 17.9 Å². The number of carboxylic acids is 1. The van der Waals surface area contributed by atoms with Crippen LogP contribution in [0.3, 0.4) is 0 Å². The summed E-state index contributed by atoms with van der Waals surface area (Å²) in [6.07, 6.45) is 1.25. The van der Waals surface area contributed by atoms with Crippen molar-refractivity contribution >= 4 is 34.2 Å². The van der Waals surface area contributed by atoms with E-state index in [4.69, 9.17) is 20.4 Å². The molecule has 0 atom stereocenters. The third-order valence-corrected chi connectivity index (χ3v) is 3.02. The van der Waals surface area contributed by atoms with E-state index in [2.05, 4.69) is 5.32 Å². The summed E-state index contributed by atoms with van der Waals surface area (Å²) in [5.74, 6) is -0.897. The van der Waals surface area contributed by atoms with Gasteiger partial charge in [-0.3, -0.25) is 0 Å². The second kappa shape index (κ2) is 6.61. The van der Waals surface area contributed by atoms with Gasteiger partial charge in [0.2, 0.25) is 0 Å². The highest BCUT2D eigenvalue weighted by atomic mass is 127. The van der Waals surface area contributed by atoms with Crippen LogP contribution in [0, 0.1) is 26.2 Å². The maximum atomic E-state index is 11.0. The summed E-state index contributed by atoms with van der Waals surface area (Å²) < 4.78 is 5.61. The molecule has 7 heteroatoms. The zero-order chi connectivity index (χ0) is 14.4. The van der Waals surface area contributed by atoms with Crippen molar-refractivity contribution in [2.75, 3.05) is 12.4 Å². The van der Waals surface area contributed by atoms with Gasteiger partial charge in [-0.1, -0.05) is 0 Å². The summed E-state index contributed by atoms with van der Waals surface area (Å²) in [7, 11) is 1.37. The van der Waals surface area contributed by atoms with Gasteiger partial charge < -0.3 is 15.2 Å². The molecule has 0 aliphatic heterocycles. The summed E-state index contributed by atoms with van der Waals surface area (Å²) >= 11 is 1.95. The average molecular weight is 369 g/mol. The molecule has 2 N–H and O–H groups in total. The first-order chi connectivity index (χ1) is 9.03. The zero-order valence-corrected chi connectivity index (χ0v) is 11.9. The second-order valence-corrected chi connectivity index (χ2v) is 4.43. The van der Waals surface area contributed by atoms with E-state index in [9.17, 15) is 4.79 Å². The van der Waals surface area contributed by atoms with E-state index >= 15 is 0 Å². The Labute approximate surface area is 123 Å². The first kappa shape index (κ1) is 14.8. The number of ether oxygens (including phenoxy) is 1. The number of rotatable bonds is 4. The summed E-state index contributed by atoms with van der Waals surface area (Å²) in [4.78, 5) is 11.0. The fourth-order valence-electron chi connectivity index (χ4n) is 1.24. The number of hydrogen-bond acceptors (Lipinski definition) is 5. The molecule has 0 unspecified atom stereocenters. The number of carboxylic acid groups (broad SMARTS) is 1. The minimum atomic E-state index is -1.09. The van der Waals surface area contributed by atoms with Gasteiger partial charge >= 0.3 is 5.97 Å². The minimum absolute atomic E-state index is 0.0437. The molecule has 96 valence electrons. The van der Waals surface area contributed by atoms with Crippen LogP contribution in [-0.4, -0.2) is 18.2 Å². The quantitative estimate of drug-likeness (QED) is 0.623. The number of nitrogens with zero attached hydrogens (tertiary/aromatic N) is 2. The average Bonchev–Trinajstić information content (AvgIpc) is 2.40. The molecule has 19 heavy (non-hydrogen) atoms. The largest absolute Gasteiger partial charge is 0.496 e. The number of nitrogens with one attached hydrogen (secondary N) is 1. The maximum absolute atomic E-state index is 11.0. The Bertz CT molecular complexity index is 610. The van der Waals surface area contributed by atoms with Crippen LogP contribution in [-0.2, 0) is 0 Å². The first-order valence-corrected chi connectivity index (χ1v) is 5.99. The Morgan fingerprint density at radius 3 is 2.58 bits per heavy atom. The van der Waals surface area contributed by atoms with Gasteiger partial charge in [-0.2, -0.15) is 10.5 Å². The molecule has 1 aromatic carbocycles. The molecule has 0 amide bonds. The van der Waals surface area contributed by atoms with Crippen LogP contribution in [0.2, 0.25) is 0 Å². The van der Waals surface area contributed by atoms with Crippen LogP contribution in [0.25, 0.3) is 0 Å². The molecule has 1 rings (SSSR count). The van der Waals surface area contributed by atoms with Crippen LogP contribution in [0.1, 0.15) is 10.4 Å². The van der Waals surface area contributed by atoms with E-state index in [0.29, 0.717) is 9.26 Å². The predicted molar refractivity (Wildman–Crippen MR) is 75.6 cm³/mol. The number of aromatic carboxylic acids is 1. The number of methoxy groups -OCH3 is 1. The van der Waals surface area contributed by atoms with Crippen molar-refractivity contribution in [2.24, 2.45) is 0 Å². The topological polar surface area (TPSA) is 106 Å². The van der Waals surface area contributed by atoms with Crippen molar-refractivity contribution in [1.82, 2.24) is 0 Å². The summed E-state index contributed by atoms with van der Waals surface area (Å²) in [5, 5.41) is 29.0. The van der Waals surface area contributed by atoms with Gasteiger partial charge in [-0.05, 0) is 28.7 Å². The number of anilines is 1. The lowest BCUT2D eigenvalue weighted by molar-refractivity contribution is 0.0693. The lowest BCUT2D eigenvalue weighted by Crippen LogP contribution is -2.03. The Hall–Kier alpha value is -2.26. The molecule has 0 aliphatic carbocycles. The Morgan fingerprint density at radius 2 is 2.11 bits per heavy atom. The summed E-state index contributed by atoms with van der Waals surface area (Å²) in [6.45, 7) is 0. The van der Waals surface area contributed by atoms with E-state index in [1.807, 2.05) is 22.6 Å². The van der Waals surface area contributed by atoms with Crippen LogP contribution >= 0.6 is 22.6 Å². The third-order valence-electron chi connectivity index (χ3n) is 2.13. The summed E-state index contributed by atoms with van der Waals surface area (Å²) in [6, 6.07) is 6.35. The van der Waals surface area contributed by atoms with Crippen LogP contribution in [0.5, 0.6) is 5.75 Å². The standard InChI is InChI=1S/C12H8IN3O3/c1-19-11-3-10(16-6-7(4-14)5-15)9(13)2-8(11)12(17)18/h2-3,6,16H,1H3,(H,17,18). The number of halogens is 1.